The van der Waals surface area contributed by atoms with E-state index in [4.69, 9.17) is 9.72 Å². The number of nitrogens with zero attached hydrogens (tertiary/aromatic N) is 1. The van der Waals surface area contributed by atoms with E-state index in [2.05, 4.69) is 16.4 Å². The zero-order chi connectivity index (χ0) is 29.0. The maximum atomic E-state index is 12.5. The van der Waals surface area contributed by atoms with E-state index in [-0.39, 0.29) is 17.8 Å². The molecule has 0 radical (unpaired) electrons. The highest BCUT2D eigenvalue weighted by molar-refractivity contribution is 7.92. The number of hydrogen-bond donors (Lipinski definition) is 3. The number of pyridine rings is 1. The fourth-order valence-electron chi connectivity index (χ4n) is 6.90. The lowest BCUT2D eigenvalue weighted by atomic mass is 9.81. The summed E-state index contributed by atoms with van der Waals surface area (Å²) in [6.45, 7) is 3.86. The third kappa shape index (κ3) is 7.25. The van der Waals surface area contributed by atoms with Crippen molar-refractivity contribution in [3.8, 4) is 16.9 Å². The molecule has 1 aromatic carbocycles. The van der Waals surface area contributed by atoms with Crippen molar-refractivity contribution in [1.82, 2.24) is 4.98 Å². The molecular weight excluding hydrogens is 558 g/mol. The highest BCUT2D eigenvalue weighted by Gasteiger charge is 2.31. The second-order valence-electron chi connectivity index (χ2n) is 12.0. The number of sulfonamides is 1. The summed E-state index contributed by atoms with van der Waals surface area (Å²) < 4.78 is 59.9. The highest BCUT2D eigenvalue weighted by atomic mass is 32.2. The third-order valence-corrected chi connectivity index (χ3v) is 10.9. The van der Waals surface area contributed by atoms with Gasteiger partial charge in [-0.2, -0.15) is 0 Å². The van der Waals surface area contributed by atoms with Gasteiger partial charge in [0.1, 0.15) is 5.75 Å². The molecule has 2 aromatic rings. The van der Waals surface area contributed by atoms with Gasteiger partial charge in [-0.05, 0) is 101 Å². The van der Waals surface area contributed by atoms with E-state index in [9.17, 15) is 17.2 Å². The van der Waals surface area contributed by atoms with E-state index in [0.29, 0.717) is 17.1 Å². The van der Waals surface area contributed by atoms with E-state index in [1.54, 1.807) is 13.0 Å². The van der Waals surface area contributed by atoms with Crippen LogP contribution in [-0.4, -0.2) is 34.0 Å². The lowest BCUT2D eigenvalue weighted by Gasteiger charge is -2.31. The fraction of sp³-hybridized carbons (Fsp3) is 0.645. The van der Waals surface area contributed by atoms with Crippen LogP contribution >= 0.6 is 0 Å². The van der Waals surface area contributed by atoms with Gasteiger partial charge < -0.3 is 4.74 Å². The molecule has 2 fully saturated rings. The van der Waals surface area contributed by atoms with Gasteiger partial charge in [0.25, 0.3) is 11.3 Å². The lowest BCUT2D eigenvalue weighted by Crippen LogP contribution is -2.24. The van der Waals surface area contributed by atoms with E-state index < -0.39 is 21.3 Å². The van der Waals surface area contributed by atoms with Gasteiger partial charge in [-0.3, -0.25) is 19.0 Å². The lowest BCUT2D eigenvalue weighted by molar-refractivity contribution is 0.130. The molecular formula is C31H45N3O5S2. The molecule has 1 heterocycles. The maximum absolute atomic E-state index is 12.5. The van der Waals surface area contributed by atoms with Crippen LogP contribution in [0.3, 0.4) is 0 Å². The molecule has 0 saturated heterocycles. The standard InChI is InChI=1S/C31H45N3O5S2/c1-3-21-14-17-24(18-15-21)39-28-19-16-23(34-41(37,38)4-2)20-26(28)29-25-12-8-9-13-27(25)32-30(31(29)33-40(35)36)22-10-6-5-7-11-22/h16,19-22,24,33-34H,3-15,17-18H2,1-2H3,(H,35,36). The Morgan fingerprint density at radius 2 is 1.73 bits per heavy atom. The molecule has 8 nitrogen and oxygen atoms in total. The Bertz CT molecular complexity index is 1350. The number of aromatic nitrogens is 1. The molecule has 1 unspecified atom stereocenters. The van der Waals surface area contributed by atoms with Crippen LogP contribution in [0.5, 0.6) is 5.75 Å². The van der Waals surface area contributed by atoms with Crippen molar-refractivity contribution in [2.24, 2.45) is 5.92 Å². The Kier molecular flexibility index (Phi) is 9.92. The number of fused-ring (bicyclic) bond motifs is 1. The Hall–Kier alpha value is -2.17. The topological polar surface area (TPSA) is 118 Å². The minimum atomic E-state index is -3.50. The van der Waals surface area contributed by atoms with Gasteiger partial charge in [0.15, 0.2) is 0 Å². The summed E-state index contributed by atoms with van der Waals surface area (Å²) in [7, 11) is -3.50. The van der Waals surface area contributed by atoms with E-state index in [1.807, 2.05) is 12.1 Å². The second kappa shape index (κ2) is 13.4. The summed E-state index contributed by atoms with van der Waals surface area (Å²) in [5.41, 5.74) is 5.62. The minimum absolute atomic E-state index is 0.0337. The predicted molar refractivity (Wildman–Crippen MR) is 166 cm³/mol. The molecule has 1 aromatic heterocycles. The van der Waals surface area contributed by atoms with Crippen molar-refractivity contribution in [3.63, 3.8) is 0 Å². The first-order valence-corrected chi connectivity index (χ1v) is 18.3. The molecule has 3 aliphatic rings. The summed E-state index contributed by atoms with van der Waals surface area (Å²) in [6, 6.07) is 5.47. The quantitative estimate of drug-likeness (QED) is 0.245. The molecule has 5 rings (SSSR count). The molecule has 0 amide bonds. The van der Waals surface area contributed by atoms with Gasteiger partial charge in [-0.1, -0.05) is 32.6 Å². The van der Waals surface area contributed by atoms with Crippen LogP contribution in [0.4, 0.5) is 11.4 Å². The zero-order valence-electron chi connectivity index (χ0n) is 24.4. The third-order valence-electron chi connectivity index (χ3n) is 9.25. The normalized spacial score (nSPS) is 22.5. The molecule has 3 aliphatic carbocycles. The minimum Gasteiger partial charge on any atom is -0.490 e. The first kappa shape index (κ1) is 30.3. The first-order chi connectivity index (χ1) is 19.8. The Balaban J connectivity index is 1.68. The largest absolute Gasteiger partial charge is 0.490 e. The van der Waals surface area contributed by atoms with Crippen molar-refractivity contribution in [1.29, 1.82) is 0 Å². The van der Waals surface area contributed by atoms with Crippen molar-refractivity contribution < 1.29 is 21.9 Å². The number of rotatable bonds is 10. The van der Waals surface area contributed by atoms with Crippen LogP contribution in [0.2, 0.25) is 0 Å². The van der Waals surface area contributed by atoms with Crippen LogP contribution in [0, 0.1) is 5.92 Å². The molecule has 10 heteroatoms. The Labute approximate surface area is 247 Å². The molecule has 41 heavy (non-hydrogen) atoms. The summed E-state index contributed by atoms with van der Waals surface area (Å²) in [5, 5.41) is 0. The molecule has 226 valence electrons. The summed E-state index contributed by atoms with van der Waals surface area (Å²) in [6.07, 6.45) is 14.7. The summed E-state index contributed by atoms with van der Waals surface area (Å²) in [4.78, 5) is 5.17. The molecule has 0 spiro atoms. The highest BCUT2D eigenvalue weighted by Crippen LogP contribution is 2.47. The number of benzene rings is 1. The SMILES string of the molecule is CCC1CCC(Oc2ccc(NS(=O)(=O)CC)cc2-c2c3c(nc(C4CCCCC4)c2NS(=O)O)CCCC3)CC1. The van der Waals surface area contributed by atoms with Crippen LogP contribution in [0.25, 0.3) is 11.1 Å². The van der Waals surface area contributed by atoms with Gasteiger partial charge in [-0.15, -0.1) is 0 Å². The number of anilines is 2. The molecule has 2 saturated carbocycles. The predicted octanol–water partition coefficient (Wildman–Crippen LogP) is 7.33. The molecule has 0 aliphatic heterocycles. The number of ether oxygens (including phenoxy) is 1. The fourth-order valence-corrected chi connectivity index (χ4v) is 7.91. The average molecular weight is 604 g/mol. The van der Waals surface area contributed by atoms with Crippen molar-refractivity contribution >= 4 is 32.7 Å². The maximum Gasteiger partial charge on any atom is 0.259 e. The van der Waals surface area contributed by atoms with Crippen LogP contribution in [0.1, 0.15) is 114 Å². The number of nitrogens with one attached hydrogen (secondary N) is 2. The van der Waals surface area contributed by atoms with E-state index in [1.165, 1.54) is 12.8 Å². The van der Waals surface area contributed by atoms with E-state index in [0.717, 1.165) is 111 Å². The summed E-state index contributed by atoms with van der Waals surface area (Å²) in [5.74, 6) is 1.59. The zero-order valence-corrected chi connectivity index (χ0v) is 26.0. The van der Waals surface area contributed by atoms with Crippen LogP contribution < -0.4 is 14.2 Å². The van der Waals surface area contributed by atoms with Gasteiger partial charge in [-0.25, -0.2) is 12.6 Å². The second-order valence-corrected chi connectivity index (χ2v) is 14.7. The molecule has 0 bridgehead atoms. The number of aryl methyl sites for hydroxylation is 1. The van der Waals surface area contributed by atoms with Crippen molar-refractivity contribution in [2.75, 3.05) is 15.2 Å². The Morgan fingerprint density at radius 3 is 2.41 bits per heavy atom. The van der Waals surface area contributed by atoms with Crippen molar-refractivity contribution in [3.05, 3.63) is 35.2 Å². The molecule has 1 atom stereocenters. The van der Waals surface area contributed by atoms with Gasteiger partial charge in [0, 0.05) is 28.4 Å². The number of hydrogen-bond acceptors (Lipinski definition) is 5. The van der Waals surface area contributed by atoms with Crippen molar-refractivity contribution in [2.45, 2.75) is 116 Å². The van der Waals surface area contributed by atoms with Gasteiger partial charge in [0.2, 0.25) is 10.0 Å². The van der Waals surface area contributed by atoms with Crippen LogP contribution in [-0.2, 0) is 34.1 Å². The first-order valence-electron chi connectivity index (χ1n) is 15.5. The monoisotopic (exact) mass is 603 g/mol. The summed E-state index contributed by atoms with van der Waals surface area (Å²) >= 11 is -2.30. The van der Waals surface area contributed by atoms with Gasteiger partial charge >= 0.3 is 0 Å². The smallest absolute Gasteiger partial charge is 0.259 e. The van der Waals surface area contributed by atoms with Gasteiger partial charge in [0.05, 0.1) is 23.2 Å². The molecule has 3 N–H and O–H groups in total. The van der Waals surface area contributed by atoms with Crippen LogP contribution in [0.15, 0.2) is 18.2 Å². The average Bonchev–Trinajstić information content (AvgIpc) is 2.98. The Morgan fingerprint density at radius 1 is 1.00 bits per heavy atom. The van der Waals surface area contributed by atoms with E-state index >= 15 is 0 Å².